The number of aliphatic imine (C=N–C) groups is 1. The molecule has 8 nitrogen and oxygen atoms in total. The molecule has 1 aromatic heterocycles. The number of hydrogen-bond donors (Lipinski definition) is 3. The van der Waals surface area contributed by atoms with Crippen molar-refractivity contribution in [2.24, 2.45) is 10.7 Å². The summed E-state index contributed by atoms with van der Waals surface area (Å²) in [4.78, 5) is 20.9. The third-order valence-electron chi connectivity index (χ3n) is 4.20. The quantitative estimate of drug-likeness (QED) is 0.690. The molecule has 2 aromatic rings. The van der Waals surface area contributed by atoms with Crippen LogP contribution in [0, 0.1) is 0 Å². The van der Waals surface area contributed by atoms with Crippen LogP contribution >= 0.6 is 11.8 Å². The summed E-state index contributed by atoms with van der Waals surface area (Å²) >= 11 is 1.50. The Kier molecular flexibility index (Phi) is 6.02. The number of pyridine rings is 1. The number of amidine groups is 1. The van der Waals surface area contributed by atoms with Crippen LogP contribution in [0.2, 0.25) is 0 Å². The molecule has 0 bridgehead atoms. The zero-order valence-corrected chi connectivity index (χ0v) is 16.4. The number of thioether (sulfide) groups is 1. The molecule has 9 heteroatoms. The number of carbonyl (C=O) groups is 1. The summed E-state index contributed by atoms with van der Waals surface area (Å²) in [6.45, 7) is 2.77. The fourth-order valence-corrected chi connectivity index (χ4v) is 3.82. The molecular weight excluding hydrogens is 366 g/mol. The zero-order valence-electron chi connectivity index (χ0n) is 15.5. The number of aromatic nitrogens is 1. The van der Waals surface area contributed by atoms with E-state index >= 15 is 0 Å². The van der Waals surface area contributed by atoms with Gasteiger partial charge in [-0.2, -0.15) is 0 Å². The van der Waals surface area contributed by atoms with Gasteiger partial charge in [0.2, 0.25) is 5.91 Å². The van der Waals surface area contributed by atoms with E-state index < -0.39 is 0 Å². The maximum Gasteiger partial charge on any atom is 0.245 e. The monoisotopic (exact) mass is 389 g/mol. The van der Waals surface area contributed by atoms with Gasteiger partial charge >= 0.3 is 0 Å². The van der Waals surface area contributed by atoms with Crippen molar-refractivity contribution in [1.82, 2.24) is 10.3 Å². The number of nitrogens with one attached hydrogen (secondary N) is 2. The molecule has 0 saturated heterocycles. The summed E-state index contributed by atoms with van der Waals surface area (Å²) in [6, 6.07) is 3.33. The molecule has 27 heavy (non-hydrogen) atoms. The summed E-state index contributed by atoms with van der Waals surface area (Å²) in [5, 5.41) is 8.46. The Hall–Kier alpha value is -2.52. The lowest BCUT2D eigenvalue weighted by Crippen LogP contribution is -2.33. The third-order valence-corrected chi connectivity index (χ3v) is 5.16. The highest BCUT2D eigenvalue weighted by atomic mass is 32.2. The van der Waals surface area contributed by atoms with Crippen LogP contribution < -0.4 is 25.8 Å². The van der Waals surface area contributed by atoms with Crippen molar-refractivity contribution in [3.05, 3.63) is 24.0 Å². The minimum absolute atomic E-state index is 0.0633. The van der Waals surface area contributed by atoms with Gasteiger partial charge in [0.1, 0.15) is 17.5 Å². The van der Waals surface area contributed by atoms with Crippen molar-refractivity contribution in [2.75, 3.05) is 31.8 Å². The first-order chi connectivity index (χ1) is 13.1. The van der Waals surface area contributed by atoms with Gasteiger partial charge < -0.3 is 25.8 Å². The number of carbonyl (C=O) groups excluding carboxylic acids is 1. The predicted molar refractivity (Wildman–Crippen MR) is 109 cm³/mol. The highest BCUT2D eigenvalue weighted by Crippen LogP contribution is 2.37. The van der Waals surface area contributed by atoms with Gasteiger partial charge in [-0.25, -0.2) is 4.99 Å². The summed E-state index contributed by atoms with van der Waals surface area (Å²) in [5.41, 5.74) is 7.35. The van der Waals surface area contributed by atoms with Crippen LogP contribution in [0.5, 0.6) is 11.5 Å². The first-order valence-electron chi connectivity index (χ1n) is 8.60. The number of amides is 1. The van der Waals surface area contributed by atoms with Crippen molar-refractivity contribution >= 4 is 39.3 Å². The topological polar surface area (TPSA) is 111 Å². The van der Waals surface area contributed by atoms with E-state index in [-0.39, 0.29) is 18.5 Å². The zero-order chi connectivity index (χ0) is 19.4. The number of anilines is 1. The highest BCUT2D eigenvalue weighted by Gasteiger charge is 2.25. The minimum atomic E-state index is -0.385. The van der Waals surface area contributed by atoms with Crippen LogP contribution in [-0.4, -0.2) is 48.6 Å². The van der Waals surface area contributed by atoms with Crippen molar-refractivity contribution in [3.8, 4) is 11.5 Å². The van der Waals surface area contributed by atoms with E-state index in [0.717, 1.165) is 22.2 Å². The molecule has 3 rings (SSSR count). The third kappa shape index (κ3) is 3.93. The molecule has 1 aliphatic heterocycles. The van der Waals surface area contributed by atoms with E-state index in [9.17, 15) is 4.79 Å². The van der Waals surface area contributed by atoms with E-state index in [1.165, 1.54) is 11.8 Å². The van der Waals surface area contributed by atoms with E-state index in [4.69, 9.17) is 15.2 Å². The molecule has 1 atom stereocenters. The van der Waals surface area contributed by atoms with Gasteiger partial charge in [-0.05, 0) is 13.0 Å². The van der Waals surface area contributed by atoms with Gasteiger partial charge in [0, 0.05) is 35.7 Å². The molecule has 1 aromatic carbocycles. The molecule has 1 amide bonds. The van der Waals surface area contributed by atoms with Crippen molar-refractivity contribution < 1.29 is 14.3 Å². The largest absolute Gasteiger partial charge is 0.497 e. The number of methoxy groups -OCH3 is 2. The Morgan fingerprint density at radius 3 is 2.85 bits per heavy atom. The van der Waals surface area contributed by atoms with Gasteiger partial charge in [0.05, 0.1) is 31.8 Å². The molecule has 2 heterocycles. The molecule has 0 spiro atoms. The van der Waals surface area contributed by atoms with Crippen molar-refractivity contribution in [3.63, 3.8) is 0 Å². The molecule has 0 aliphatic carbocycles. The number of benzene rings is 1. The van der Waals surface area contributed by atoms with E-state index in [1.807, 2.05) is 13.0 Å². The van der Waals surface area contributed by atoms with Gasteiger partial charge in [0.25, 0.3) is 0 Å². The first-order valence-corrected chi connectivity index (χ1v) is 9.58. The number of hydrogen-bond acceptors (Lipinski definition) is 8. The lowest BCUT2D eigenvalue weighted by atomic mass is 10.1. The number of nitrogens with zero attached hydrogens (tertiary/aromatic N) is 2. The van der Waals surface area contributed by atoms with Crippen molar-refractivity contribution in [1.29, 1.82) is 0 Å². The maximum atomic E-state index is 12.0. The van der Waals surface area contributed by atoms with Crippen LogP contribution in [0.4, 0.5) is 5.69 Å². The molecule has 4 N–H and O–H groups in total. The van der Waals surface area contributed by atoms with Gasteiger partial charge in [-0.15, -0.1) is 0 Å². The maximum absolute atomic E-state index is 12.0. The number of nitrogens with two attached hydrogens (primary N) is 1. The molecule has 144 valence electrons. The second-order valence-corrected chi connectivity index (χ2v) is 6.86. The van der Waals surface area contributed by atoms with Crippen LogP contribution in [0.1, 0.15) is 12.6 Å². The number of ether oxygens (including phenoxy) is 2. The number of rotatable bonds is 6. The van der Waals surface area contributed by atoms with Crippen LogP contribution in [0.15, 0.2) is 23.3 Å². The molecule has 1 unspecified atom stereocenters. The Balaban J connectivity index is 2.00. The summed E-state index contributed by atoms with van der Waals surface area (Å²) < 4.78 is 10.9. The van der Waals surface area contributed by atoms with Gasteiger partial charge in [-0.3, -0.25) is 9.78 Å². The smallest absolute Gasteiger partial charge is 0.245 e. The average molecular weight is 389 g/mol. The van der Waals surface area contributed by atoms with Crippen LogP contribution in [-0.2, 0) is 11.3 Å². The Labute approximate surface area is 161 Å². The highest BCUT2D eigenvalue weighted by molar-refractivity contribution is 8.14. The second-order valence-electron chi connectivity index (χ2n) is 5.86. The number of likely N-dealkylation sites (N-methyl/N-ethyl adjacent to an activating group) is 1. The Morgan fingerprint density at radius 1 is 1.37 bits per heavy atom. The fourth-order valence-electron chi connectivity index (χ4n) is 2.89. The second kappa shape index (κ2) is 8.45. The van der Waals surface area contributed by atoms with E-state index in [1.54, 1.807) is 26.5 Å². The number of fused-ring (bicyclic) bond motifs is 1. The minimum Gasteiger partial charge on any atom is -0.497 e. The predicted octanol–water partition coefficient (Wildman–Crippen LogP) is 1.73. The molecule has 0 radical (unpaired) electrons. The van der Waals surface area contributed by atoms with E-state index in [2.05, 4.69) is 20.6 Å². The molecule has 0 fully saturated rings. The normalized spacial score (nSPS) is 16.1. The van der Waals surface area contributed by atoms with Crippen molar-refractivity contribution in [2.45, 2.75) is 19.5 Å². The lowest BCUT2D eigenvalue weighted by molar-refractivity contribution is -0.121. The average Bonchev–Trinajstić information content (AvgIpc) is 3.16. The molecular formula is C18H23N5O3S. The summed E-state index contributed by atoms with van der Waals surface area (Å²) in [7, 11) is 3.20. The SMILES string of the molecule is CCNC(=O)C1CSC(Nc2cnc(CN)c3c(OC)cc(OC)cc23)=N1. The lowest BCUT2D eigenvalue weighted by Gasteiger charge is -2.15. The van der Waals surface area contributed by atoms with E-state index in [0.29, 0.717) is 29.0 Å². The van der Waals surface area contributed by atoms with Gasteiger partial charge in [-0.1, -0.05) is 11.8 Å². The molecule has 1 aliphatic rings. The molecule has 0 saturated carbocycles. The van der Waals surface area contributed by atoms with Gasteiger partial charge in [0.15, 0.2) is 5.17 Å². The summed E-state index contributed by atoms with van der Waals surface area (Å²) in [5.74, 6) is 1.85. The van der Waals surface area contributed by atoms with Crippen LogP contribution in [0.3, 0.4) is 0 Å². The Morgan fingerprint density at radius 2 is 2.19 bits per heavy atom. The fraction of sp³-hybridized carbons (Fsp3) is 0.389. The standard InChI is InChI=1S/C18H23N5O3S/c1-4-20-17(24)14-9-27-18(23-14)22-13-8-21-12(7-19)16-11(13)5-10(25-2)6-15(16)26-3/h5-6,8,14H,4,7,9,19H2,1-3H3,(H,20,24)(H,22,23). The summed E-state index contributed by atoms with van der Waals surface area (Å²) in [6.07, 6.45) is 1.71. The Bertz CT molecular complexity index is 887. The first kappa shape index (κ1) is 19.2. The van der Waals surface area contributed by atoms with Crippen LogP contribution in [0.25, 0.3) is 10.8 Å².